The van der Waals surface area contributed by atoms with Gasteiger partial charge in [-0.25, -0.2) is 4.79 Å². The van der Waals surface area contributed by atoms with E-state index in [0.29, 0.717) is 0 Å². The molecular weight excluding hydrogens is 200 g/mol. The Balaban J connectivity index is 0.00000106. The summed E-state index contributed by atoms with van der Waals surface area (Å²) in [6, 6.07) is 0. The zero-order chi connectivity index (χ0) is 12.6. The fourth-order valence-electron chi connectivity index (χ4n) is 1.61. The number of hydrogen-bond donors (Lipinski definition) is 0. The molecule has 0 spiro atoms. The van der Waals surface area contributed by atoms with Gasteiger partial charge >= 0.3 is 5.69 Å². The summed E-state index contributed by atoms with van der Waals surface area (Å²) >= 11 is 0. The van der Waals surface area contributed by atoms with Crippen molar-refractivity contribution < 1.29 is 0 Å². The van der Waals surface area contributed by atoms with Crippen LogP contribution in [0.5, 0.6) is 0 Å². The number of imidazole rings is 1. The molecule has 1 aromatic heterocycles. The SMILES string of the molecule is CC.CCCCn1cc(CCC)n(C)c1=O. The van der Waals surface area contributed by atoms with Gasteiger partial charge in [0.2, 0.25) is 0 Å². The molecule has 1 rings (SSSR count). The highest BCUT2D eigenvalue weighted by Crippen LogP contribution is 2.01. The standard InChI is InChI=1S/C11H20N2O.C2H6/c1-4-6-8-13-9-10(7-5-2)12(3)11(13)14;1-2/h9H,4-8H2,1-3H3;1-2H3. The van der Waals surface area contributed by atoms with E-state index in [1.54, 1.807) is 4.57 Å². The van der Waals surface area contributed by atoms with Crippen molar-refractivity contribution in [3.63, 3.8) is 0 Å². The van der Waals surface area contributed by atoms with Gasteiger partial charge in [-0.05, 0) is 12.8 Å². The van der Waals surface area contributed by atoms with E-state index in [-0.39, 0.29) is 5.69 Å². The minimum absolute atomic E-state index is 0.127. The van der Waals surface area contributed by atoms with Crippen LogP contribution in [0.25, 0.3) is 0 Å². The van der Waals surface area contributed by atoms with E-state index < -0.39 is 0 Å². The lowest BCUT2D eigenvalue weighted by atomic mass is 10.3. The van der Waals surface area contributed by atoms with E-state index in [0.717, 1.165) is 37.9 Å². The summed E-state index contributed by atoms with van der Waals surface area (Å²) < 4.78 is 3.59. The topological polar surface area (TPSA) is 26.9 Å². The zero-order valence-electron chi connectivity index (χ0n) is 11.4. The molecule has 16 heavy (non-hydrogen) atoms. The lowest BCUT2D eigenvalue weighted by Gasteiger charge is -1.96. The quantitative estimate of drug-likeness (QED) is 0.758. The van der Waals surface area contributed by atoms with Crippen molar-refractivity contribution in [1.29, 1.82) is 0 Å². The third kappa shape index (κ3) is 3.87. The van der Waals surface area contributed by atoms with Gasteiger partial charge in [0, 0.05) is 25.5 Å². The van der Waals surface area contributed by atoms with Gasteiger partial charge in [0.25, 0.3) is 0 Å². The van der Waals surface area contributed by atoms with Crippen LogP contribution in [-0.4, -0.2) is 9.13 Å². The molecule has 0 fully saturated rings. The Bertz CT molecular complexity index is 336. The smallest absolute Gasteiger partial charge is 0.299 e. The highest BCUT2D eigenvalue weighted by Gasteiger charge is 2.05. The molecule has 0 unspecified atom stereocenters. The first-order chi connectivity index (χ1) is 7.70. The molecule has 3 heteroatoms. The molecular formula is C13H26N2O. The monoisotopic (exact) mass is 226 g/mol. The summed E-state index contributed by atoms with van der Waals surface area (Å²) in [6.07, 6.45) is 6.29. The number of nitrogens with zero attached hydrogens (tertiary/aromatic N) is 2. The van der Waals surface area contributed by atoms with Crippen LogP contribution in [0.4, 0.5) is 0 Å². The molecule has 0 aromatic carbocycles. The molecule has 0 amide bonds. The first-order valence-corrected chi connectivity index (χ1v) is 6.45. The number of rotatable bonds is 5. The Morgan fingerprint density at radius 1 is 1.19 bits per heavy atom. The van der Waals surface area contributed by atoms with E-state index in [4.69, 9.17) is 0 Å². The second-order valence-electron chi connectivity index (χ2n) is 3.76. The Morgan fingerprint density at radius 3 is 2.31 bits per heavy atom. The fourth-order valence-corrected chi connectivity index (χ4v) is 1.61. The molecule has 0 radical (unpaired) electrons. The van der Waals surface area contributed by atoms with Gasteiger partial charge in [0.1, 0.15) is 0 Å². The molecule has 0 aliphatic carbocycles. The van der Waals surface area contributed by atoms with Gasteiger partial charge in [0.05, 0.1) is 0 Å². The number of hydrogen-bond acceptors (Lipinski definition) is 1. The van der Waals surface area contributed by atoms with Crippen LogP contribution < -0.4 is 5.69 Å². The first kappa shape index (κ1) is 15.0. The number of unbranched alkanes of at least 4 members (excludes halogenated alkanes) is 1. The molecule has 1 heterocycles. The minimum atomic E-state index is 0.127. The van der Waals surface area contributed by atoms with Crippen molar-refractivity contribution in [3.8, 4) is 0 Å². The van der Waals surface area contributed by atoms with Crippen molar-refractivity contribution in [2.45, 2.75) is 59.9 Å². The van der Waals surface area contributed by atoms with Crippen molar-refractivity contribution in [1.82, 2.24) is 9.13 Å². The Morgan fingerprint density at radius 2 is 1.81 bits per heavy atom. The van der Waals surface area contributed by atoms with Crippen molar-refractivity contribution >= 4 is 0 Å². The molecule has 94 valence electrons. The summed E-state index contributed by atoms with van der Waals surface area (Å²) in [5.74, 6) is 0. The Hall–Kier alpha value is -0.990. The van der Waals surface area contributed by atoms with E-state index in [1.165, 1.54) is 0 Å². The Kier molecular flexibility index (Phi) is 7.69. The number of aromatic nitrogens is 2. The van der Waals surface area contributed by atoms with Gasteiger partial charge in [-0.3, -0.25) is 9.13 Å². The van der Waals surface area contributed by atoms with E-state index in [9.17, 15) is 4.79 Å². The molecule has 0 aliphatic rings. The van der Waals surface area contributed by atoms with Gasteiger partial charge in [0.15, 0.2) is 0 Å². The maximum absolute atomic E-state index is 11.7. The van der Waals surface area contributed by atoms with Crippen LogP contribution in [0.1, 0.15) is 52.7 Å². The van der Waals surface area contributed by atoms with Crippen LogP contribution in [0.2, 0.25) is 0 Å². The molecule has 0 saturated heterocycles. The van der Waals surface area contributed by atoms with E-state index >= 15 is 0 Å². The summed E-state index contributed by atoms with van der Waals surface area (Å²) in [6.45, 7) is 9.13. The highest BCUT2D eigenvalue weighted by molar-refractivity contribution is 5.00. The van der Waals surface area contributed by atoms with Crippen LogP contribution in [0, 0.1) is 0 Å². The minimum Gasteiger partial charge on any atom is -0.299 e. The fraction of sp³-hybridized carbons (Fsp3) is 0.769. The van der Waals surface area contributed by atoms with Crippen LogP contribution >= 0.6 is 0 Å². The van der Waals surface area contributed by atoms with Gasteiger partial charge in [-0.2, -0.15) is 0 Å². The predicted molar refractivity (Wildman–Crippen MR) is 69.9 cm³/mol. The predicted octanol–water partition coefficient (Wildman–Crippen LogP) is 2.97. The zero-order valence-corrected chi connectivity index (χ0v) is 11.4. The number of aryl methyl sites for hydroxylation is 2. The van der Waals surface area contributed by atoms with Gasteiger partial charge < -0.3 is 0 Å². The molecule has 3 nitrogen and oxygen atoms in total. The molecule has 0 N–H and O–H groups in total. The first-order valence-electron chi connectivity index (χ1n) is 6.45. The van der Waals surface area contributed by atoms with Crippen molar-refractivity contribution in [2.24, 2.45) is 7.05 Å². The van der Waals surface area contributed by atoms with E-state index in [1.807, 2.05) is 31.7 Å². The van der Waals surface area contributed by atoms with Gasteiger partial charge in [-0.15, -0.1) is 0 Å². The summed E-state index contributed by atoms with van der Waals surface area (Å²) in [5.41, 5.74) is 1.27. The maximum atomic E-state index is 11.7. The second-order valence-corrected chi connectivity index (χ2v) is 3.76. The van der Waals surface area contributed by atoms with Crippen LogP contribution in [0.3, 0.4) is 0 Å². The van der Waals surface area contributed by atoms with Crippen molar-refractivity contribution in [3.05, 3.63) is 22.4 Å². The lowest BCUT2D eigenvalue weighted by Crippen LogP contribution is -2.22. The molecule has 0 atom stereocenters. The summed E-state index contributed by atoms with van der Waals surface area (Å²) in [7, 11) is 1.86. The summed E-state index contributed by atoms with van der Waals surface area (Å²) in [4.78, 5) is 11.7. The van der Waals surface area contributed by atoms with Crippen LogP contribution in [0.15, 0.2) is 11.0 Å². The average molecular weight is 226 g/mol. The molecule has 0 aliphatic heterocycles. The highest BCUT2D eigenvalue weighted by atomic mass is 16.1. The Labute approximate surface area is 99.1 Å². The van der Waals surface area contributed by atoms with Crippen molar-refractivity contribution in [2.75, 3.05) is 0 Å². The van der Waals surface area contributed by atoms with Gasteiger partial charge in [-0.1, -0.05) is 40.5 Å². The summed E-state index contributed by atoms with van der Waals surface area (Å²) in [5, 5.41) is 0. The largest absolute Gasteiger partial charge is 0.328 e. The molecule has 0 saturated carbocycles. The third-order valence-corrected chi connectivity index (χ3v) is 2.53. The molecule has 1 aromatic rings. The van der Waals surface area contributed by atoms with Crippen LogP contribution in [-0.2, 0) is 20.0 Å². The second kappa shape index (κ2) is 8.20. The lowest BCUT2D eigenvalue weighted by molar-refractivity contribution is 0.601. The van der Waals surface area contributed by atoms with E-state index in [2.05, 4.69) is 13.8 Å². The third-order valence-electron chi connectivity index (χ3n) is 2.53. The molecule has 0 bridgehead atoms. The average Bonchev–Trinajstić information content (AvgIpc) is 2.58. The normalized spacial score (nSPS) is 9.81. The maximum Gasteiger partial charge on any atom is 0.328 e.